The Bertz CT molecular complexity index is 398. The molecule has 0 bridgehead atoms. The Morgan fingerprint density at radius 2 is 1.85 bits per heavy atom. The second kappa shape index (κ2) is 8.43. The van der Waals surface area contributed by atoms with Gasteiger partial charge in [0, 0.05) is 39.4 Å². The molecule has 0 fully saturated rings. The van der Waals surface area contributed by atoms with Crippen LogP contribution in [-0.2, 0) is 6.54 Å². The maximum atomic E-state index is 12.0. The Hall–Kier alpha value is -1.75. The summed E-state index contributed by atoms with van der Waals surface area (Å²) in [5.74, 6) is 0. The Morgan fingerprint density at radius 3 is 2.35 bits per heavy atom. The lowest BCUT2D eigenvalue weighted by atomic mass is 10.2. The highest BCUT2D eigenvalue weighted by molar-refractivity contribution is 5.74. The third-order valence-electron chi connectivity index (χ3n) is 3.05. The maximum Gasteiger partial charge on any atom is 0.317 e. The molecule has 0 aromatic heterocycles. The first-order chi connectivity index (χ1) is 9.58. The summed E-state index contributed by atoms with van der Waals surface area (Å²) in [6.07, 6.45) is 0.880. The molecule has 0 heterocycles. The van der Waals surface area contributed by atoms with Gasteiger partial charge in [-0.05, 0) is 24.1 Å². The molecular formula is C15H25N3O2. The number of urea groups is 1. The molecule has 0 aliphatic carbocycles. The SMILES string of the molecule is CCCN(CCO)C(=O)NCc1ccc(N(C)C)cc1. The van der Waals surface area contributed by atoms with Crippen LogP contribution < -0.4 is 10.2 Å². The van der Waals surface area contributed by atoms with E-state index in [-0.39, 0.29) is 12.6 Å². The average Bonchev–Trinajstić information content (AvgIpc) is 2.45. The van der Waals surface area contributed by atoms with E-state index in [9.17, 15) is 4.79 Å². The van der Waals surface area contributed by atoms with Crippen LogP contribution in [0.1, 0.15) is 18.9 Å². The van der Waals surface area contributed by atoms with Crippen molar-refractivity contribution in [1.29, 1.82) is 0 Å². The van der Waals surface area contributed by atoms with Crippen LogP contribution in [0.15, 0.2) is 24.3 Å². The molecule has 2 N–H and O–H groups in total. The van der Waals surface area contributed by atoms with Crippen LogP contribution in [0.3, 0.4) is 0 Å². The van der Waals surface area contributed by atoms with Gasteiger partial charge in [-0.2, -0.15) is 0 Å². The van der Waals surface area contributed by atoms with Gasteiger partial charge < -0.3 is 20.2 Å². The molecule has 0 saturated carbocycles. The van der Waals surface area contributed by atoms with Gasteiger partial charge in [0.05, 0.1) is 6.61 Å². The first-order valence-electron chi connectivity index (χ1n) is 6.98. The average molecular weight is 279 g/mol. The Morgan fingerprint density at radius 1 is 1.20 bits per heavy atom. The standard InChI is InChI=1S/C15H25N3O2/c1-4-9-18(10-11-19)15(20)16-12-13-5-7-14(8-6-13)17(2)3/h5-8,19H,4,9-12H2,1-3H3,(H,16,20). The van der Waals surface area contributed by atoms with Crippen LogP contribution >= 0.6 is 0 Å². The summed E-state index contributed by atoms with van der Waals surface area (Å²) in [7, 11) is 3.99. The normalized spacial score (nSPS) is 10.2. The molecule has 0 aliphatic heterocycles. The molecule has 1 rings (SSSR count). The second-order valence-electron chi connectivity index (χ2n) is 4.93. The fourth-order valence-electron chi connectivity index (χ4n) is 1.91. The lowest BCUT2D eigenvalue weighted by Gasteiger charge is -2.21. The van der Waals surface area contributed by atoms with Crippen LogP contribution in [0.2, 0.25) is 0 Å². The third kappa shape index (κ3) is 5.09. The van der Waals surface area contributed by atoms with Gasteiger partial charge in [0.2, 0.25) is 0 Å². The Kier molecular flexibility index (Phi) is 6.87. The maximum absolute atomic E-state index is 12.0. The smallest absolute Gasteiger partial charge is 0.317 e. The highest BCUT2D eigenvalue weighted by Crippen LogP contribution is 2.12. The number of nitrogens with zero attached hydrogens (tertiary/aromatic N) is 2. The molecule has 0 aliphatic rings. The topological polar surface area (TPSA) is 55.8 Å². The summed E-state index contributed by atoms with van der Waals surface area (Å²) >= 11 is 0. The zero-order valence-electron chi connectivity index (χ0n) is 12.6. The highest BCUT2D eigenvalue weighted by atomic mass is 16.3. The first-order valence-corrected chi connectivity index (χ1v) is 6.98. The lowest BCUT2D eigenvalue weighted by molar-refractivity contribution is 0.177. The molecule has 5 heteroatoms. The fraction of sp³-hybridized carbons (Fsp3) is 0.533. The zero-order chi connectivity index (χ0) is 15.0. The number of rotatable bonds is 7. The minimum atomic E-state index is -0.127. The molecule has 0 radical (unpaired) electrons. The van der Waals surface area contributed by atoms with E-state index in [0.29, 0.717) is 19.6 Å². The number of amides is 2. The van der Waals surface area contributed by atoms with Crippen molar-refractivity contribution in [3.05, 3.63) is 29.8 Å². The molecular weight excluding hydrogens is 254 g/mol. The van der Waals surface area contributed by atoms with E-state index in [1.165, 1.54) is 0 Å². The van der Waals surface area contributed by atoms with Gasteiger partial charge in [-0.1, -0.05) is 19.1 Å². The van der Waals surface area contributed by atoms with E-state index < -0.39 is 0 Å². The van der Waals surface area contributed by atoms with Gasteiger partial charge in [0.25, 0.3) is 0 Å². The summed E-state index contributed by atoms with van der Waals surface area (Å²) < 4.78 is 0. The van der Waals surface area contributed by atoms with Crippen LogP contribution in [0, 0.1) is 0 Å². The molecule has 0 atom stereocenters. The molecule has 20 heavy (non-hydrogen) atoms. The predicted octanol–water partition coefficient (Wildman–Crippen LogP) is 1.67. The minimum absolute atomic E-state index is 0.00898. The number of hydrogen-bond acceptors (Lipinski definition) is 3. The molecule has 0 spiro atoms. The van der Waals surface area contributed by atoms with Gasteiger partial charge in [-0.25, -0.2) is 4.79 Å². The molecule has 112 valence electrons. The van der Waals surface area contributed by atoms with Gasteiger partial charge in [0.1, 0.15) is 0 Å². The predicted molar refractivity (Wildman–Crippen MR) is 82.0 cm³/mol. The number of anilines is 1. The summed E-state index contributed by atoms with van der Waals surface area (Å²) in [5.41, 5.74) is 2.19. The van der Waals surface area contributed by atoms with E-state index >= 15 is 0 Å². The van der Waals surface area contributed by atoms with Gasteiger partial charge in [-0.15, -0.1) is 0 Å². The van der Waals surface area contributed by atoms with Crippen LogP contribution in [0.4, 0.5) is 10.5 Å². The van der Waals surface area contributed by atoms with E-state index in [0.717, 1.165) is 17.7 Å². The summed E-state index contributed by atoms with van der Waals surface area (Å²) in [5, 5.41) is 11.8. The third-order valence-corrected chi connectivity index (χ3v) is 3.05. The van der Waals surface area contributed by atoms with Crippen LogP contribution in [-0.4, -0.2) is 49.8 Å². The first kappa shape index (κ1) is 16.3. The van der Waals surface area contributed by atoms with Crippen molar-refractivity contribution in [3.63, 3.8) is 0 Å². The van der Waals surface area contributed by atoms with Gasteiger partial charge in [0.15, 0.2) is 0 Å². The van der Waals surface area contributed by atoms with E-state index in [4.69, 9.17) is 5.11 Å². The highest BCUT2D eigenvalue weighted by Gasteiger charge is 2.11. The number of benzene rings is 1. The molecule has 0 saturated heterocycles. The fourth-order valence-corrected chi connectivity index (χ4v) is 1.91. The monoisotopic (exact) mass is 279 g/mol. The van der Waals surface area contributed by atoms with Gasteiger partial charge >= 0.3 is 6.03 Å². The van der Waals surface area contributed by atoms with Crippen molar-refractivity contribution in [1.82, 2.24) is 10.2 Å². The summed E-state index contributed by atoms with van der Waals surface area (Å²) in [4.78, 5) is 15.6. The van der Waals surface area contributed by atoms with Crippen molar-refractivity contribution in [2.45, 2.75) is 19.9 Å². The van der Waals surface area contributed by atoms with Crippen molar-refractivity contribution in [2.24, 2.45) is 0 Å². The van der Waals surface area contributed by atoms with Crippen molar-refractivity contribution < 1.29 is 9.90 Å². The lowest BCUT2D eigenvalue weighted by Crippen LogP contribution is -2.41. The molecule has 0 unspecified atom stereocenters. The van der Waals surface area contributed by atoms with Gasteiger partial charge in [-0.3, -0.25) is 0 Å². The Balaban J connectivity index is 2.50. The second-order valence-corrected chi connectivity index (χ2v) is 4.93. The van der Waals surface area contributed by atoms with E-state index in [1.807, 2.05) is 50.2 Å². The van der Waals surface area contributed by atoms with Crippen LogP contribution in [0.25, 0.3) is 0 Å². The summed E-state index contributed by atoms with van der Waals surface area (Å²) in [6, 6.07) is 7.94. The minimum Gasteiger partial charge on any atom is -0.395 e. The molecule has 5 nitrogen and oxygen atoms in total. The quantitative estimate of drug-likeness (QED) is 0.798. The number of carbonyl (C=O) groups excluding carboxylic acids is 1. The van der Waals surface area contributed by atoms with Crippen LogP contribution in [0.5, 0.6) is 0 Å². The zero-order valence-corrected chi connectivity index (χ0v) is 12.6. The van der Waals surface area contributed by atoms with Crippen molar-refractivity contribution in [2.75, 3.05) is 38.7 Å². The van der Waals surface area contributed by atoms with Crippen molar-refractivity contribution >= 4 is 11.7 Å². The van der Waals surface area contributed by atoms with Crippen molar-refractivity contribution in [3.8, 4) is 0 Å². The summed E-state index contributed by atoms with van der Waals surface area (Å²) in [6.45, 7) is 3.53. The Labute approximate surface area is 121 Å². The molecule has 1 aromatic carbocycles. The molecule has 2 amide bonds. The van der Waals surface area contributed by atoms with E-state index in [2.05, 4.69) is 5.32 Å². The number of nitrogens with one attached hydrogen (secondary N) is 1. The number of hydrogen-bond donors (Lipinski definition) is 2. The number of aliphatic hydroxyl groups excluding tert-OH is 1. The largest absolute Gasteiger partial charge is 0.395 e. The molecule has 1 aromatic rings. The number of aliphatic hydroxyl groups is 1. The van der Waals surface area contributed by atoms with E-state index in [1.54, 1.807) is 4.90 Å². The number of carbonyl (C=O) groups is 1.